The standard InChI is InChI=1S/C28H33N3O4/c1-16-15-20-24(32)22(18-9-10-18)26(31-13-11-28(3,4)12-14-31)35-25(20)23(29-16)17(2)30-21-8-6-5-7-19(21)27(33)34/h5-8,15,17-18,30H,9-14H2,1-4H3,(H,33,34). The normalized spacial score (nSPS) is 18.5. The zero-order valence-electron chi connectivity index (χ0n) is 20.9. The number of aromatic carboxylic acids is 1. The van der Waals surface area contributed by atoms with Crippen LogP contribution >= 0.6 is 0 Å². The number of piperidine rings is 1. The molecule has 1 saturated heterocycles. The molecule has 7 heteroatoms. The van der Waals surface area contributed by atoms with E-state index in [2.05, 4.69) is 24.1 Å². The van der Waals surface area contributed by atoms with Gasteiger partial charge >= 0.3 is 5.97 Å². The van der Waals surface area contributed by atoms with E-state index in [1.165, 1.54) is 0 Å². The van der Waals surface area contributed by atoms with Gasteiger partial charge in [-0.05, 0) is 69.1 Å². The SMILES string of the molecule is Cc1cc2c(=O)c(C3CC3)c(N3CCC(C)(C)CC3)oc2c(C(C)Nc2ccccc2C(=O)O)n1. The molecule has 0 bridgehead atoms. The second kappa shape index (κ2) is 8.70. The largest absolute Gasteiger partial charge is 0.478 e. The number of pyridine rings is 1. The highest BCUT2D eigenvalue weighted by atomic mass is 16.4. The fraction of sp³-hybridized carbons (Fsp3) is 0.464. The first-order chi connectivity index (χ1) is 16.6. The van der Waals surface area contributed by atoms with Gasteiger partial charge in [0.05, 0.1) is 22.6 Å². The Balaban J connectivity index is 1.62. The first kappa shape index (κ1) is 23.4. The summed E-state index contributed by atoms with van der Waals surface area (Å²) in [5, 5.41) is 13.4. The Bertz CT molecular complexity index is 1350. The number of carbonyl (C=O) groups is 1. The second-order valence-electron chi connectivity index (χ2n) is 10.8. The Morgan fingerprint density at radius 3 is 2.57 bits per heavy atom. The molecular weight excluding hydrogens is 442 g/mol. The van der Waals surface area contributed by atoms with Crippen LogP contribution in [0.15, 0.2) is 39.5 Å². The van der Waals surface area contributed by atoms with Gasteiger partial charge in [0.1, 0.15) is 5.69 Å². The van der Waals surface area contributed by atoms with Crippen molar-refractivity contribution >= 4 is 28.5 Å². The summed E-state index contributed by atoms with van der Waals surface area (Å²) in [7, 11) is 0. The lowest BCUT2D eigenvalue weighted by molar-refractivity contribution is 0.0698. The number of carboxylic acid groups (broad SMARTS) is 1. The molecule has 0 spiro atoms. The summed E-state index contributed by atoms with van der Waals surface area (Å²) < 4.78 is 6.61. The number of rotatable bonds is 6. The molecular formula is C28H33N3O4. The first-order valence-electron chi connectivity index (χ1n) is 12.5. The zero-order chi connectivity index (χ0) is 24.9. The number of fused-ring (bicyclic) bond motifs is 1. The quantitative estimate of drug-likeness (QED) is 0.460. The summed E-state index contributed by atoms with van der Waals surface area (Å²) in [5.74, 6) is -0.0423. The summed E-state index contributed by atoms with van der Waals surface area (Å²) in [5.41, 5.74) is 3.65. The highest BCUT2D eigenvalue weighted by Gasteiger charge is 2.36. The van der Waals surface area contributed by atoms with Crippen molar-refractivity contribution < 1.29 is 14.3 Å². The maximum atomic E-state index is 13.8. The maximum absolute atomic E-state index is 13.8. The molecule has 184 valence electrons. The molecule has 2 N–H and O–H groups in total. The van der Waals surface area contributed by atoms with Gasteiger partial charge in [-0.25, -0.2) is 4.79 Å². The molecule has 7 nitrogen and oxygen atoms in total. The van der Waals surface area contributed by atoms with E-state index in [9.17, 15) is 14.7 Å². The molecule has 1 aliphatic heterocycles. The molecule has 5 rings (SSSR count). The summed E-state index contributed by atoms with van der Waals surface area (Å²) >= 11 is 0. The van der Waals surface area contributed by atoms with Crippen molar-refractivity contribution in [1.29, 1.82) is 0 Å². The highest BCUT2D eigenvalue weighted by Crippen LogP contribution is 2.45. The molecule has 1 atom stereocenters. The lowest BCUT2D eigenvalue weighted by Crippen LogP contribution is -2.38. The lowest BCUT2D eigenvalue weighted by Gasteiger charge is -2.38. The molecule has 1 aromatic carbocycles. The predicted molar refractivity (Wildman–Crippen MR) is 138 cm³/mol. The monoisotopic (exact) mass is 475 g/mol. The van der Waals surface area contributed by atoms with Gasteiger partial charge in [0, 0.05) is 24.5 Å². The third kappa shape index (κ3) is 4.51. The Morgan fingerprint density at radius 2 is 1.91 bits per heavy atom. The van der Waals surface area contributed by atoms with E-state index >= 15 is 0 Å². The van der Waals surface area contributed by atoms with Gasteiger partial charge in [-0.2, -0.15) is 0 Å². The summed E-state index contributed by atoms with van der Waals surface area (Å²) in [6, 6.07) is 8.24. The van der Waals surface area contributed by atoms with Crippen LogP contribution in [0.2, 0.25) is 0 Å². The van der Waals surface area contributed by atoms with Crippen molar-refractivity contribution in [1.82, 2.24) is 4.98 Å². The van der Waals surface area contributed by atoms with Crippen LogP contribution < -0.4 is 15.6 Å². The minimum atomic E-state index is -1.00. The number of hydrogen-bond donors (Lipinski definition) is 2. The van der Waals surface area contributed by atoms with Crippen molar-refractivity contribution in [3.8, 4) is 0 Å². The molecule has 1 aliphatic carbocycles. The molecule has 1 unspecified atom stereocenters. The van der Waals surface area contributed by atoms with Gasteiger partial charge in [-0.15, -0.1) is 0 Å². The molecule has 3 aromatic rings. The Morgan fingerprint density at radius 1 is 1.23 bits per heavy atom. The molecule has 35 heavy (non-hydrogen) atoms. The number of benzene rings is 1. The third-order valence-electron chi connectivity index (χ3n) is 7.38. The van der Waals surface area contributed by atoms with Gasteiger partial charge in [0.25, 0.3) is 0 Å². The zero-order valence-corrected chi connectivity index (χ0v) is 20.9. The second-order valence-corrected chi connectivity index (χ2v) is 10.8. The summed E-state index contributed by atoms with van der Waals surface area (Å²) in [4.78, 5) is 32.5. The fourth-order valence-electron chi connectivity index (χ4n) is 5.03. The topological polar surface area (TPSA) is 95.7 Å². The molecule has 2 aromatic heterocycles. The predicted octanol–water partition coefficient (Wildman–Crippen LogP) is 5.87. The van der Waals surface area contributed by atoms with Crippen LogP contribution in [0.4, 0.5) is 11.6 Å². The van der Waals surface area contributed by atoms with Crippen molar-refractivity contribution in [3.05, 3.63) is 63.1 Å². The van der Waals surface area contributed by atoms with Crippen LogP contribution in [-0.2, 0) is 0 Å². The van der Waals surface area contributed by atoms with E-state index in [-0.39, 0.29) is 28.4 Å². The van der Waals surface area contributed by atoms with Crippen molar-refractivity contribution in [3.63, 3.8) is 0 Å². The molecule has 0 radical (unpaired) electrons. The Labute approximate surface area is 205 Å². The average molecular weight is 476 g/mol. The molecule has 1 saturated carbocycles. The van der Waals surface area contributed by atoms with E-state index in [0.717, 1.165) is 50.0 Å². The summed E-state index contributed by atoms with van der Waals surface area (Å²) in [6.07, 6.45) is 4.12. The van der Waals surface area contributed by atoms with Crippen LogP contribution in [0.5, 0.6) is 0 Å². The number of anilines is 2. The van der Waals surface area contributed by atoms with Crippen LogP contribution in [0.25, 0.3) is 11.0 Å². The minimum absolute atomic E-state index is 0.0402. The van der Waals surface area contributed by atoms with Gasteiger partial charge in [-0.1, -0.05) is 26.0 Å². The van der Waals surface area contributed by atoms with Crippen molar-refractivity contribution in [2.75, 3.05) is 23.3 Å². The maximum Gasteiger partial charge on any atom is 0.337 e. The van der Waals surface area contributed by atoms with E-state index in [1.54, 1.807) is 24.3 Å². The highest BCUT2D eigenvalue weighted by molar-refractivity contribution is 5.94. The van der Waals surface area contributed by atoms with Crippen molar-refractivity contribution in [2.24, 2.45) is 5.41 Å². The van der Waals surface area contributed by atoms with Gasteiger partial charge in [-0.3, -0.25) is 9.78 Å². The lowest BCUT2D eigenvalue weighted by atomic mass is 9.82. The van der Waals surface area contributed by atoms with Crippen LogP contribution in [0, 0.1) is 12.3 Å². The molecule has 0 amide bonds. The van der Waals surface area contributed by atoms with E-state index in [1.807, 2.05) is 19.9 Å². The number of aromatic nitrogens is 1. The smallest absolute Gasteiger partial charge is 0.337 e. The number of hydrogen-bond acceptors (Lipinski definition) is 6. The van der Waals surface area contributed by atoms with E-state index in [4.69, 9.17) is 9.40 Å². The Hall–Kier alpha value is -3.35. The van der Waals surface area contributed by atoms with Crippen LogP contribution in [0.1, 0.15) is 85.7 Å². The average Bonchev–Trinajstić information content (AvgIpc) is 3.64. The van der Waals surface area contributed by atoms with E-state index in [0.29, 0.717) is 28.2 Å². The molecule has 3 heterocycles. The Kier molecular flexibility index (Phi) is 5.82. The van der Waals surface area contributed by atoms with Crippen LogP contribution in [-0.4, -0.2) is 29.1 Å². The number of para-hydroxylation sites is 1. The van der Waals surface area contributed by atoms with Gasteiger partial charge in [0.2, 0.25) is 5.88 Å². The molecule has 2 fully saturated rings. The number of nitrogens with one attached hydrogen (secondary N) is 1. The number of nitrogens with zero attached hydrogens (tertiary/aromatic N) is 2. The number of aryl methyl sites for hydroxylation is 1. The van der Waals surface area contributed by atoms with E-state index < -0.39 is 5.97 Å². The summed E-state index contributed by atoms with van der Waals surface area (Å²) in [6.45, 7) is 10.1. The minimum Gasteiger partial charge on any atom is -0.478 e. The fourth-order valence-corrected chi connectivity index (χ4v) is 5.03. The third-order valence-corrected chi connectivity index (χ3v) is 7.38. The molecule has 2 aliphatic rings. The van der Waals surface area contributed by atoms with Gasteiger partial charge < -0.3 is 19.7 Å². The first-order valence-corrected chi connectivity index (χ1v) is 12.5. The number of carboxylic acids is 1. The van der Waals surface area contributed by atoms with Crippen LogP contribution in [0.3, 0.4) is 0 Å². The van der Waals surface area contributed by atoms with Gasteiger partial charge in [0.15, 0.2) is 11.0 Å². The van der Waals surface area contributed by atoms with Crippen molar-refractivity contribution in [2.45, 2.75) is 65.3 Å².